The molecular formula is C26H22N2O3. The Balaban J connectivity index is 1.66. The van der Waals surface area contributed by atoms with Gasteiger partial charge in [0.25, 0.3) is 0 Å². The molecule has 0 aliphatic rings. The number of aliphatic hydroxyl groups excluding tert-OH is 1. The molecule has 0 aliphatic carbocycles. The second kappa shape index (κ2) is 9.78. The predicted molar refractivity (Wildman–Crippen MR) is 119 cm³/mol. The second-order valence-electron chi connectivity index (χ2n) is 7.12. The normalized spacial score (nSPS) is 10.6. The Bertz CT molecular complexity index is 1160. The van der Waals surface area contributed by atoms with Gasteiger partial charge in [0.15, 0.2) is 5.78 Å². The highest BCUT2D eigenvalue weighted by Gasteiger charge is 2.17. The average molecular weight is 410 g/mol. The quantitative estimate of drug-likeness (QED) is 0.429. The van der Waals surface area contributed by atoms with Crippen LogP contribution in [0.5, 0.6) is 5.75 Å². The standard InChI is InChI=1S/C26H22N2O3/c29-17-22-10-13-28-16-23(22)15-25(30)24-14-21(20-8-11-27-12-9-20)6-7-26(24)31-18-19-4-2-1-3-5-19/h1-14,16,29H,15,17-18H2. The largest absolute Gasteiger partial charge is 0.488 e. The molecule has 2 aromatic heterocycles. The lowest BCUT2D eigenvalue weighted by Gasteiger charge is -2.14. The van der Waals surface area contributed by atoms with Crippen LogP contribution in [0.15, 0.2) is 91.5 Å². The van der Waals surface area contributed by atoms with Crippen molar-refractivity contribution >= 4 is 5.78 Å². The number of hydrogen-bond donors (Lipinski definition) is 1. The molecule has 0 bridgehead atoms. The maximum absolute atomic E-state index is 13.3. The van der Waals surface area contributed by atoms with Gasteiger partial charge in [0.1, 0.15) is 12.4 Å². The molecule has 1 N–H and O–H groups in total. The third kappa shape index (κ3) is 5.02. The molecule has 154 valence electrons. The fourth-order valence-electron chi connectivity index (χ4n) is 3.37. The number of ketones is 1. The molecule has 0 aliphatic heterocycles. The molecule has 5 nitrogen and oxygen atoms in total. The lowest BCUT2D eigenvalue weighted by Crippen LogP contribution is -2.09. The molecule has 2 heterocycles. The number of ether oxygens (including phenoxy) is 1. The van der Waals surface area contributed by atoms with Crippen molar-refractivity contribution in [1.29, 1.82) is 0 Å². The van der Waals surface area contributed by atoms with E-state index in [1.807, 2.05) is 60.7 Å². The number of aliphatic hydroxyl groups is 1. The summed E-state index contributed by atoms with van der Waals surface area (Å²) < 4.78 is 6.03. The molecule has 0 amide bonds. The number of pyridine rings is 2. The average Bonchev–Trinajstić information content (AvgIpc) is 2.84. The summed E-state index contributed by atoms with van der Waals surface area (Å²) in [5.74, 6) is 0.433. The van der Waals surface area contributed by atoms with Crippen LogP contribution in [0.2, 0.25) is 0 Å². The van der Waals surface area contributed by atoms with E-state index < -0.39 is 0 Å². The molecule has 5 heteroatoms. The van der Waals surface area contributed by atoms with Crippen LogP contribution in [0, 0.1) is 0 Å². The zero-order valence-electron chi connectivity index (χ0n) is 16.9. The van der Waals surface area contributed by atoms with Crippen LogP contribution in [0.1, 0.15) is 27.0 Å². The number of benzene rings is 2. The summed E-state index contributed by atoms with van der Waals surface area (Å²) in [4.78, 5) is 21.5. The molecule has 0 spiro atoms. The molecule has 0 atom stereocenters. The van der Waals surface area contributed by atoms with Crippen LogP contribution in [-0.2, 0) is 19.6 Å². The Kier molecular flexibility index (Phi) is 6.45. The number of carbonyl (C=O) groups excluding carboxylic acids is 1. The minimum Gasteiger partial charge on any atom is -0.488 e. The van der Waals surface area contributed by atoms with Crippen molar-refractivity contribution in [2.24, 2.45) is 0 Å². The summed E-state index contributed by atoms with van der Waals surface area (Å²) >= 11 is 0. The Morgan fingerprint density at radius 2 is 1.61 bits per heavy atom. The smallest absolute Gasteiger partial charge is 0.171 e. The van der Waals surface area contributed by atoms with Gasteiger partial charge in [-0.1, -0.05) is 36.4 Å². The van der Waals surface area contributed by atoms with Crippen molar-refractivity contribution in [3.8, 4) is 16.9 Å². The molecule has 0 fully saturated rings. The molecule has 0 saturated carbocycles. The van der Waals surface area contributed by atoms with E-state index in [0.717, 1.165) is 16.7 Å². The monoisotopic (exact) mass is 410 g/mol. The molecule has 0 unspecified atom stereocenters. The van der Waals surface area contributed by atoms with Gasteiger partial charge in [0, 0.05) is 31.2 Å². The van der Waals surface area contributed by atoms with Crippen molar-refractivity contribution in [2.75, 3.05) is 0 Å². The van der Waals surface area contributed by atoms with Crippen LogP contribution < -0.4 is 4.74 Å². The summed E-state index contributed by atoms with van der Waals surface area (Å²) in [5, 5.41) is 9.59. The number of nitrogens with zero attached hydrogens (tertiary/aromatic N) is 2. The number of aromatic nitrogens is 2. The van der Waals surface area contributed by atoms with Crippen LogP contribution in [0.4, 0.5) is 0 Å². The Hall–Kier alpha value is -3.83. The third-order valence-corrected chi connectivity index (χ3v) is 5.06. The minimum absolute atomic E-state index is 0.0957. The van der Waals surface area contributed by atoms with Gasteiger partial charge in [-0.2, -0.15) is 0 Å². The Morgan fingerprint density at radius 3 is 2.39 bits per heavy atom. The Labute approximate surface area is 181 Å². The molecule has 31 heavy (non-hydrogen) atoms. The summed E-state index contributed by atoms with van der Waals surface area (Å²) in [7, 11) is 0. The highest BCUT2D eigenvalue weighted by molar-refractivity contribution is 6.01. The number of carbonyl (C=O) groups is 1. The molecule has 2 aromatic carbocycles. The molecular weight excluding hydrogens is 388 g/mol. The molecule has 4 rings (SSSR count). The van der Waals surface area contributed by atoms with Gasteiger partial charge in [-0.05, 0) is 58.1 Å². The topological polar surface area (TPSA) is 72.3 Å². The first-order valence-electron chi connectivity index (χ1n) is 10.0. The maximum Gasteiger partial charge on any atom is 0.171 e. The third-order valence-electron chi connectivity index (χ3n) is 5.06. The van der Waals surface area contributed by atoms with Crippen LogP contribution in [-0.4, -0.2) is 20.9 Å². The zero-order chi connectivity index (χ0) is 21.5. The lowest BCUT2D eigenvalue weighted by molar-refractivity contribution is 0.0988. The van der Waals surface area contributed by atoms with Gasteiger partial charge in [-0.15, -0.1) is 0 Å². The van der Waals surface area contributed by atoms with E-state index in [-0.39, 0.29) is 18.8 Å². The fraction of sp³-hybridized carbons (Fsp3) is 0.115. The first-order valence-corrected chi connectivity index (χ1v) is 10.0. The molecule has 0 radical (unpaired) electrons. The summed E-state index contributed by atoms with van der Waals surface area (Å²) in [6, 6.07) is 21.0. The lowest BCUT2D eigenvalue weighted by atomic mass is 9.97. The van der Waals surface area contributed by atoms with Gasteiger partial charge in [-0.25, -0.2) is 0 Å². The van der Waals surface area contributed by atoms with E-state index >= 15 is 0 Å². The summed E-state index contributed by atoms with van der Waals surface area (Å²) in [6.07, 6.45) is 6.81. The van der Waals surface area contributed by atoms with E-state index in [1.165, 1.54) is 0 Å². The van der Waals surface area contributed by atoms with Gasteiger partial charge in [0.2, 0.25) is 0 Å². The highest BCUT2D eigenvalue weighted by Crippen LogP contribution is 2.28. The van der Waals surface area contributed by atoms with Crippen LogP contribution >= 0.6 is 0 Å². The minimum atomic E-state index is -0.139. The predicted octanol–water partition coefficient (Wildman–Crippen LogP) is 4.64. The van der Waals surface area contributed by atoms with Crippen LogP contribution in [0.3, 0.4) is 0 Å². The van der Waals surface area contributed by atoms with E-state index in [9.17, 15) is 9.90 Å². The zero-order valence-corrected chi connectivity index (χ0v) is 16.9. The van der Waals surface area contributed by atoms with Gasteiger partial charge >= 0.3 is 0 Å². The van der Waals surface area contributed by atoms with Crippen molar-refractivity contribution in [3.05, 3.63) is 114 Å². The maximum atomic E-state index is 13.3. The second-order valence-corrected chi connectivity index (χ2v) is 7.12. The van der Waals surface area contributed by atoms with Crippen molar-refractivity contribution in [1.82, 2.24) is 9.97 Å². The van der Waals surface area contributed by atoms with Gasteiger partial charge < -0.3 is 9.84 Å². The van der Waals surface area contributed by atoms with Crippen molar-refractivity contribution in [3.63, 3.8) is 0 Å². The SMILES string of the molecule is O=C(Cc1cnccc1CO)c1cc(-c2ccncc2)ccc1OCc1ccccc1. The van der Waals surface area contributed by atoms with Gasteiger partial charge in [-0.3, -0.25) is 14.8 Å². The fourth-order valence-corrected chi connectivity index (χ4v) is 3.37. The van der Waals surface area contributed by atoms with Gasteiger partial charge in [0.05, 0.1) is 12.2 Å². The van der Waals surface area contributed by atoms with Crippen molar-refractivity contribution in [2.45, 2.75) is 19.6 Å². The van der Waals surface area contributed by atoms with E-state index in [1.54, 1.807) is 30.9 Å². The summed E-state index contributed by atoms with van der Waals surface area (Å²) in [6.45, 7) is 0.226. The first-order chi connectivity index (χ1) is 15.2. The number of Topliss-reactive ketones (excluding diaryl/α,β-unsaturated/α-hetero) is 1. The summed E-state index contributed by atoms with van der Waals surface area (Å²) in [5.41, 5.74) is 4.80. The van der Waals surface area contributed by atoms with E-state index in [2.05, 4.69) is 9.97 Å². The van der Waals surface area contributed by atoms with Crippen molar-refractivity contribution < 1.29 is 14.6 Å². The number of rotatable bonds is 8. The highest BCUT2D eigenvalue weighted by atomic mass is 16.5. The number of hydrogen-bond acceptors (Lipinski definition) is 5. The first kappa shape index (κ1) is 20.4. The molecule has 0 saturated heterocycles. The van der Waals surface area contributed by atoms with E-state index in [0.29, 0.717) is 29.0 Å². The van der Waals surface area contributed by atoms with E-state index in [4.69, 9.17) is 4.74 Å². The Morgan fingerprint density at radius 1 is 0.839 bits per heavy atom. The molecule has 4 aromatic rings. The van der Waals surface area contributed by atoms with Crippen LogP contribution in [0.25, 0.3) is 11.1 Å².